The standard InChI is InChI=1S/C14H23ClNPSi2.5CO.W/c1-18(2,3)14(19(4,5)6)17-13(16-17)11-7-9-12(15)10-8-11;5*1-2;/h7-10,14H,1-6H3;;;;;;. The Kier molecular flexibility index (Phi) is 28.8. The van der Waals surface area contributed by atoms with E-state index in [9.17, 15) is 0 Å². The van der Waals surface area contributed by atoms with Crippen LogP contribution in [-0.2, 0) is 44.3 Å². The van der Waals surface area contributed by atoms with E-state index in [4.69, 9.17) is 39.6 Å². The van der Waals surface area contributed by atoms with E-state index in [1.54, 1.807) is 0 Å². The van der Waals surface area contributed by atoms with Gasteiger partial charge in [0, 0.05) is 31.7 Å². The van der Waals surface area contributed by atoms with E-state index in [0.717, 1.165) is 9.93 Å². The molecule has 11 heteroatoms. The molecule has 0 saturated heterocycles. The Hall–Kier alpha value is -0.568. The number of benzene rings is 1. The molecule has 1 unspecified atom stereocenters. The minimum Gasteiger partial charge on any atom is 0 e. The van der Waals surface area contributed by atoms with Crippen LogP contribution in [0, 0.1) is 33.3 Å². The van der Waals surface area contributed by atoms with E-state index in [1.807, 2.05) is 12.1 Å². The van der Waals surface area contributed by atoms with Gasteiger partial charge in [-0.05, 0) is 17.0 Å². The molecule has 1 aromatic rings. The minimum atomic E-state index is -1.16. The summed E-state index contributed by atoms with van der Waals surface area (Å²) in [6.07, 6.45) is 0. The number of nitrogens with zero attached hydrogens (tertiary/aromatic N) is 1. The van der Waals surface area contributed by atoms with Crippen molar-refractivity contribution >= 4 is 41.3 Å². The van der Waals surface area contributed by atoms with Gasteiger partial charge in [0.1, 0.15) is 0 Å². The quantitative estimate of drug-likeness (QED) is 0.179. The van der Waals surface area contributed by atoms with Crippen molar-refractivity contribution in [2.75, 3.05) is 0 Å². The summed E-state index contributed by atoms with van der Waals surface area (Å²) in [6.45, 7) is 37.5. The SMILES string of the molecule is C[Si](C)(C)C(P1N=C1c1ccc(Cl)cc1)[Si](C)(C)C.[C-]#[O+].[C-]#[O+].[C-]#[O+].[C-]#[O+].[C-]#[O+].[W]. The van der Waals surface area contributed by atoms with Gasteiger partial charge in [-0.3, -0.25) is 4.76 Å². The number of hydrogen-bond acceptors (Lipinski definition) is 1. The van der Waals surface area contributed by atoms with Crippen LogP contribution in [0.2, 0.25) is 44.3 Å². The second-order valence-corrected chi connectivity index (χ2v) is 21.8. The zero-order chi connectivity index (χ0) is 24.4. The predicted molar refractivity (Wildman–Crippen MR) is 115 cm³/mol. The maximum Gasteiger partial charge on any atom is 0 e. The van der Waals surface area contributed by atoms with Gasteiger partial charge in [0.05, 0.1) is 29.7 Å². The van der Waals surface area contributed by atoms with Crippen LogP contribution in [0.25, 0.3) is 0 Å². The van der Waals surface area contributed by atoms with Crippen molar-refractivity contribution in [1.82, 2.24) is 0 Å². The zero-order valence-electron chi connectivity index (χ0n) is 17.6. The molecule has 1 atom stereocenters. The van der Waals surface area contributed by atoms with Crippen molar-refractivity contribution in [3.8, 4) is 0 Å². The van der Waals surface area contributed by atoms with Gasteiger partial charge in [-0.15, -0.1) is 0 Å². The fourth-order valence-electron chi connectivity index (χ4n) is 3.08. The fourth-order valence-corrected chi connectivity index (χ4v) is 21.8. The number of halogens is 1. The van der Waals surface area contributed by atoms with Crippen LogP contribution in [0.4, 0.5) is 0 Å². The van der Waals surface area contributed by atoms with E-state index in [0.29, 0.717) is 0 Å². The molecule has 0 saturated carbocycles. The fraction of sp³-hybridized carbons (Fsp3) is 0.368. The van der Waals surface area contributed by atoms with Crippen molar-refractivity contribution in [2.24, 2.45) is 4.76 Å². The molecule has 0 radical (unpaired) electrons. The normalized spacial score (nSPS) is 12.7. The summed E-state index contributed by atoms with van der Waals surface area (Å²) in [5.41, 5.74) is 2.67. The van der Waals surface area contributed by atoms with Crippen LogP contribution in [0.5, 0.6) is 0 Å². The van der Waals surface area contributed by atoms with Gasteiger partial charge in [0.15, 0.2) is 0 Å². The average molecular weight is 652 g/mol. The summed E-state index contributed by atoms with van der Waals surface area (Å²) in [4.78, 5) is 0.890. The molecule has 0 spiro atoms. The molecule has 1 aromatic carbocycles. The predicted octanol–water partition coefficient (Wildman–Crippen LogP) is 5.43. The third-order valence-corrected chi connectivity index (χ3v) is 19.7. The molecule has 0 N–H and O–H groups in total. The van der Waals surface area contributed by atoms with Gasteiger partial charge in [0.2, 0.25) is 0 Å². The molecule has 2 rings (SSSR count). The van der Waals surface area contributed by atoms with E-state index in [2.05, 4.69) is 84.7 Å². The molecule has 1 aliphatic rings. The van der Waals surface area contributed by atoms with Crippen LogP contribution in [0.15, 0.2) is 29.0 Å². The van der Waals surface area contributed by atoms with Crippen LogP contribution < -0.4 is 0 Å². The van der Waals surface area contributed by atoms with E-state index in [-0.39, 0.29) is 29.1 Å². The molecule has 0 aromatic heterocycles. The molecule has 1 heterocycles. The van der Waals surface area contributed by atoms with Gasteiger partial charge < -0.3 is 0 Å². The maximum absolute atomic E-state index is 7.50. The first-order valence-corrected chi connectivity index (χ1v) is 16.7. The summed E-state index contributed by atoms with van der Waals surface area (Å²) in [7, 11) is -2.53. The van der Waals surface area contributed by atoms with Gasteiger partial charge >= 0.3 is 56.5 Å². The van der Waals surface area contributed by atoms with Crippen LogP contribution in [-0.4, -0.2) is 26.5 Å². The first-order chi connectivity index (χ1) is 13.6. The van der Waals surface area contributed by atoms with E-state index in [1.165, 1.54) is 11.0 Å². The molecule has 1 aliphatic heterocycles. The van der Waals surface area contributed by atoms with Crippen LogP contribution in [0.3, 0.4) is 0 Å². The van der Waals surface area contributed by atoms with Crippen molar-refractivity contribution in [3.05, 3.63) is 68.1 Å². The van der Waals surface area contributed by atoms with Crippen molar-refractivity contribution < 1.29 is 44.3 Å². The maximum atomic E-state index is 7.50. The molecule has 0 bridgehead atoms. The molecule has 30 heavy (non-hydrogen) atoms. The van der Waals surface area contributed by atoms with E-state index < -0.39 is 16.1 Å². The largest absolute Gasteiger partial charge is 0 e. The summed E-state index contributed by atoms with van der Waals surface area (Å²) in [6, 6.07) is 8.19. The Morgan fingerprint density at radius 2 is 1.03 bits per heavy atom. The second-order valence-electron chi connectivity index (χ2n) is 7.41. The second kappa shape index (κ2) is 21.7. The summed E-state index contributed by atoms with van der Waals surface area (Å²) in [5.74, 6) is 0. The van der Waals surface area contributed by atoms with Crippen molar-refractivity contribution in [3.63, 3.8) is 0 Å². The van der Waals surface area contributed by atoms with Gasteiger partial charge in [0.25, 0.3) is 0 Å². The topological polar surface area (TPSA) is 112 Å². The molecule has 0 fully saturated rings. The monoisotopic (exact) mass is 651 g/mol. The summed E-state index contributed by atoms with van der Waals surface area (Å²) >= 11 is 5.96. The number of hydrogen-bond donors (Lipinski definition) is 0. The number of rotatable bonds is 4. The third kappa shape index (κ3) is 15.3. The molecule has 160 valence electrons. The Bertz CT molecular complexity index is 671. The Morgan fingerprint density at radius 3 is 1.30 bits per heavy atom. The van der Waals surface area contributed by atoms with Crippen LogP contribution in [0.1, 0.15) is 5.56 Å². The summed E-state index contributed by atoms with van der Waals surface area (Å²) < 4.78 is 42.4. The van der Waals surface area contributed by atoms with Crippen molar-refractivity contribution in [1.29, 1.82) is 0 Å². The molecule has 0 aliphatic carbocycles. The van der Waals surface area contributed by atoms with Gasteiger partial charge in [-0.25, -0.2) is 0 Å². The molecular formula is C19H23ClNO5PSi2W. The van der Waals surface area contributed by atoms with E-state index >= 15 is 0 Å². The van der Waals surface area contributed by atoms with Gasteiger partial charge in [-0.1, -0.05) is 63.0 Å². The Labute approximate surface area is 202 Å². The Balaban J connectivity index is -0.000000166. The van der Waals surface area contributed by atoms with Crippen molar-refractivity contribution in [2.45, 2.75) is 44.2 Å². The average Bonchev–Trinajstić information content (AvgIpc) is 3.47. The third-order valence-electron chi connectivity index (χ3n) is 3.37. The Morgan fingerprint density at radius 1 is 0.733 bits per heavy atom. The van der Waals surface area contributed by atoms with Crippen LogP contribution >= 0.6 is 19.7 Å². The first kappa shape index (κ1) is 39.9. The smallest absolute Gasteiger partial charge is 0 e. The molecular weight excluding hydrogens is 629 g/mol. The zero-order valence-corrected chi connectivity index (χ0v) is 24.2. The molecule has 0 amide bonds. The van der Waals surface area contributed by atoms with Gasteiger partial charge in [-0.2, -0.15) is 0 Å². The minimum absolute atomic E-state index is 0. The summed E-state index contributed by atoms with van der Waals surface area (Å²) in [5, 5.41) is 0.807. The molecule has 6 nitrogen and oxygen atoms in total. The first-order valence-electron chi connectivity index (χ1n) is 7.76.